The highest BCUT2D eigenvalue weighted by Gasteiger charge is 2.24. The summed E-state index contributed by atoms with van der Waals surface area (Å²) in [6, 6.07) is 12.5. The molecule has 2 heterocycles. The number of oxazole rings is 1. The molecule has 196 valence electrons. The van der Waals surface area contributed by atoms with E-state index in [1.54, 1.807) is 31.5 Å². The summed E-state index contributed by atoms with van der Waals surface area (Å²) in [4.78, 5) is 33.4. The molecule has 0 radical (unpaired) electrons. The highest BCUT2D eigenvalue weighted by molar-refractivity contribution is 5.99. The molecule has 0 fully saturated rings. The fourth-order valence-corrected chi connectivity index (χ4v) is 4.21. The zero-order chi connectivity index (χ0) is 27.2. The van der Waals surface area contributed by atoms with Gasteiger partial charge in [-0.2, -0.15) is 0 Å². The van der Waals surface area contributed by atoms with Crippen LogP contribution < -0.4 is 10.6 Å². The van der Waals surface area contributed by atoms with Crippen molar-refractivity contribution in [3.05, 3.63) is 100 Å². The number of benzene rings is 2. The minimum absolute atomic E-state index is 0.0815. The van der Waals surface area contributed by atoms with Crippen molar-refractivity contribution in [3.63, 3.8) is 0 Å². The zero-order valence-corrected chi connectivity index (χ0v) is 21.4. The number of carboxylic acid groups (broad SMARTS) is 1. The van der Waals surface area contributed by atoms with Crippen LogP contribution in [0.1, 0.15) is 45.4 Å². The van der Waals surface area contributed by atoms with Crippen molar-refractivity contribution < 1.29 is 23.5 Å². The number of carboxylic acids is 1. The van der Waals surface area contributed by atoms with Gasteiger partial charge >= 0.3 is 5.97 Å². The smallest absolute Gasteiger partial charge is 0.326 e. The Labute approximate surface area is 220 Å². The Morgan fingerprint density at radius 3 is 2.53 bits per heavy atom. The fourth-order valence-electron chi connectivity index (χ4n) is 4.21. The minimum atomic E-state index is -1.16. The Kier molecular flexibility index (Phi) is 8.15. The summed E-state index contributed by atoms with van der Waals surface area (Å²) in [5.41, 5.74) is 3.90. The number of pyridine rings is 1. The van der Waals surface area contributed by atoms with Gasteiger partial charge in [0.2, 0.25) is 5.89 Å². The van der Waals surface area contributed by atoms with Crippen LogP contribution in [0, 0.1) is 19.7 Å². The van der Waals surface area contributed by atoms with E-state index >= 15 is 0 Å². The van der Waals surface area contributed by atoms with Gasteiger partial charge < -0.3 is 20.2 Å². The lowest BCUT2D eigenvalue weighted by Gasteiger charge is -2.17. The first kappa shape index (κ1) is 26.5. The molecule has 0 aliphatic carbocycles. The van der Waals surface area contributed by atoms with Crippen molar-refractivity contribution in [3.8, 4) is 11.3 Å². The van der Waals surface area contributed by atoms with E-state index < -0.39 is 23.7 Å². The molecular formula is C29H29FN4O4. The Morgan fingerprint density at radius 2 is 1.84 bits per heavy atom. The molecule has 3 N–H and O–H groups in total. The summed E-state index contributed by atoms with van der Waals surface area (Å²) in [5, 5.41) is 15.5. The van der Waals surface area contributed by atoms with Crippen molar-refractivity contribution >= 4 is 17.7 Å². The van der Waals surface area contributed by atoms with Crippen molar-refractivity contribution in [2.24, 2.45) is 0 Å². The molecule has 1 amide bonds. The van der Waals surface area contributed by atoms with Crippen LogP contribution in [0.4, 0.5) is 10.2 Å². The molecule has 0 saturated carbocycles. The Hall–Kier alpha value is -4.53. The largest absolute Gasteiger partial charge is 0.480 e. The molecule has 0 saturated heterocycles. The number of nitrogens with zero attached hydrogens (tertiary/aromatic N) is 2. The van der Waals surface area contributed by atoms with Crippen LogP contribution in [0.15, 0.2) is 65.3 Å². The summed E-state index contributed by atoms with van der Waals surface area (Å²) >= 11 is 0. The van der Waals surface area contributed by atoms with E-state index in [-0.39, 0.29) is 6.42 Å². The Balaban J connectivity index is 1.41. The van der Waals surface area contributed by atoms with E-state index in [1.165, 1.54) is 12.1 Å². The average Bonchev–Trinajstić information content (AvgIpc) is 3.36. The molecule has 9 heteroatoms. The molecule has 38 heavy (non-hydrogen) atoms. The highest BCUT2D eigenvalue weighted by atomic mass is 19.1. The third-order valence-electron chi connectivity index (χ3n) is 6.16. The topological polar surface area (TPSA) is 117 Å². The van der Waals surface area contributed by atoms with Gasteiger partial charge in [0.25, 0.3) is 5.91 Å². The lowest BCUT2D eigenvalue weighted by molar-refractivity contribution is -0.139. The van der Waals surface area contributed by atoms with E-state index in [0.717, 1.165) is 22.5 Å². The van der Waals surface area contributed by atoms with Gasteiger partial charge in [0, 0.05) is 23.7 Å². The number of rotatable bonds is 10. The summed E-state index contributed by atoms with van der Waals surface area (Å²) in [7, 11) is 0. The molecule has 4 aromatic rings. The first-order valence-corrected chi connectivity index (χ1v) is 12.3. The third kappa shape index (κ3) is 6.42. The van der Waals surface area contributed by atoms with Crippen LogP contribution in [-0.4, -0.2) is 33.0 Å². The summed E-state index contributed by atoms with van der Waals surface area (Å²) in [6.45, 7) is 5.82. The molecule has 2 aromatic heterocycles. The second kappa shape index (κ2) is 11.7. The molecule has 1 atom stereocenters. The first-order valence-electron chi connectivity index (χ1n) is 12.3. The number of aryl methyl sites for hydroxylation is 3. The lowest BCUT2D eigenvalue weighted by Crippen LogP contribution is -2.42. The van der Waals surface area contributed by atoms with E-state index in [0.29, 0.717) is 41.3 Å². The van der Waals surface area contributed by atoms with Crippen molar-refractivity contribution in [1.29, 1.82) is 0 Å². The van der Waals surface area contributed by atoms with Gasteiger partial charge in [0.05, 0.1) is 12.7 Å². The van der Waals surface area contributed by atoms with Crippen LogP contribution in [0.5, 0.6) is 0 Å². The highest BCUT2D eigenvalue weighted by Crippen LogP contribution is 2.22. The van der Waals surface area contributed by atoms with Crippen molar-refractivity contribution in [1.82, 2.24) is 15.3 Å². The lowest BCUT2D eigenvalue weighted by atomic mass is 9.98. The summed E-state index contributed by atoms with van der Waals surface area (Å²) < 4.78 is 19.6. The zero-order valence-electron chi connectivity index (χ0n) is 21.4. The fraction of sp³-hybridized carbons (Fsp3) is 0.241. The number of carbonyl (C=O) groups excluding carboxylic acids is 1. The molecule has 0 aliphatic rings. The van der Waals surface area contributed by atoms with Crippen LogP contribution in [0.3, 0.4) is 0 Å². The maximum Gasteiger partial charge on any atom is 0.326 e. The Morgan fingerprint density at radius 1 is 1.08 bits per heavy atom. The maximum absolute atomic E-state index is 13.8. The van der Waals surface area contributed by atoms with Gasteiger partial charge in [0.1, 0.15) is 17.7 Å². The molecule has 8 nitrogen and oxygen atoms in total. The minimum Gasteiger partial charge on any atom is -0.480 e. The van der Waals surface area contributed by atoms with Crippen LogP contribution in [-0.2, 0) is 24.2 Å². The number of amides is 1. The maximum atomic E-state index is 13.8. The summed E-state index contributed by atoms with van der Waals surface area (Å²) in [6.07, 6.45) is 3.89. The van der Waals surface area contributed by atoms with Crippen molar-refractivity contribution in [2.45, 2.75) is 46.2 Å². The number of nitrogens with one attached hydrogen (secondary N) is 2. The predicted octanol–water partition coefficient (Wildman–Crippen LogP) is 5.09. The van der Waals surface area contributed by atoms with Gasteiger partial charge in [-0.1, -0.05) is 31.2 Å². The van der Waals surface area contributed by atoms with E-state index in [9.17, 15) is 19.1 Å². The number of anilines is 1. The van der Waals surface area contributed by atoms with Crippen LogP contribution in [0.25, 0.3) is 11.3 Å². The summed E-state index contributed by atoms with van der Waals surface area (Å²) in [5.74, 6) is -0.308. The molecule has 0 bridgehead atoms. The molecule has 2 aromatic carbocycles. The van der Waals surface area contributed by atoms with Gasteiger partial charge in [0.15, 0.2) is 5.76 Å². The molecule has 4 rings (SSSR count). The third-order valence-corrected chi connectivity index (χ3v) is 6.16. The van der Waals surface area contributed by atoms with E-state index in [1.807, 2.05) is 38.1 Å². The van der Waals surface area contributed by atoms with Gasteiger partial charge in [-0.25, -0.2) is 19.2 Å². The second-order valence-electron chi connectivity index (χ2n) is 9.07. The number of aliphatic carboxylic acids is 1. The number of hydrogen-bond acceptors (Lipinski definition) is 6. The molecule has 1 unspecified atom stereocenters. The Bertz CT molecular complexity index is 1450. The van der Waals surface area contributed by atoms with Gasteiger partial charge in [-0.3, -0.25) is 4.79 Å². The number of aromatic nitrogens is 2. The average molecular weight is 517 g/mol. The van der Waals surface area contributed by atoms with Crippen LogP contribution >= 0.6 is 0 Å². The normalized spacial score (nSPS) is 11.7. The molecular weight excluding hydrogens is 487 g/mol. The number of halogens is 1. The number of carbonyl (C=O) groups is 2. The molecule has 0 aliphatic heterocycles. The van der Waals surface area contributed by atoms with E-state index in [4.69, 9.17) is 4.42 Å². The van der Waals surface area contributed by atoms with E-state index in [2.05, 4.69) is 20.6 Å². The van der Waals surface area contributed by atoms with Crippen LogP contribution in [0.2, 0.25) is 0 Å². The van der Waals surface area contributed by atoms with Gasteiger partial charge in [-0.05, 0) is 66.8 Å². The van der Waals surface area contributed by atoms with Gasteiger partial charge in [-0.15, -0.1) is 0 Å². The molecule has 0 spiro atoms. The first-order chi connectivity index (χ1) is 18.2. The monoisotopic (exact) mass is 516 g/mol. The van der Waals surface area contributed by atoms with Crippen molar-refractivity contribution in [2.75, 3.05) is 5.32 Å². The predicted molar refractivity (Wildman–Crippen MR) is 141 cm³/mol. The standard InChI is InChI=1S/C29H29FN4O4/c1-4-20-14-22(30)12-18(3)27(20)28(35)34-23(29(36)37)13-19-5-7-21(8-6-19)24-15-33-26(38-24)16-32-25-11-17(2)9-10-31-25/h5-12,14-15,23H,4,13,16H2,1-3H3,(H,31,32)(H,34,35)(H,36,37). The second-order valence-corrected chi connectivity index (χ2v) is 9.07. The SMILES string of the molecule is CCc1cc(F)cc(C)c1C(=O)NC(Cc1ccc(-c2cnc(CNc3cc(C)ccn3)o2)cc1)C(=O)O. The number of hydrogen-bond donors (Lipinski definition) is 3. The quantitative estimate of drug-likeness (QED) is 0.269.